The molecule has 4 nitrogen and oxygen atoms in total. The summed E-state index contributed by atoms with van der Waals surface area (Å²) in [4.78, 5) is 23.2. The van der Waals surface area contributed by atoms with Gasteiger partial charge in [-0.1, -0.05) is 5.92 Å². The highest BCUT2D eigenvalue weighted by Crippen LogP contribution is 2.06. The highest BCUT2D eigenvalue weighted by atomic mass is 16.4. The number of carbonyl (C=O) groups excluding carboxylic acids is 1. The van der Waals surface area contributed by atoms with E-state index in [1.54, 1.807) is 24.3 Å². The molecule has 0 aromatic heterocycles. The van der Waals surface area contributed by atoms with Crippen molar-refractivity contribution in [2.75, 3.05) is 13.6 Å². The minimum absolute atomic E-state index is 0.324. The molecule has 0 unspecified atom stereocenters. The number of hydrogen-bond donors (Lipinski definition) is 1. The van der Waals surface area contributed by atoms with E-state index in [1.807, 2.05) is 0 Å². The second-order valence-electron chi connectivity index (χ2n) is 3.28. The zero-order chi connectivity index (χ0) is 12.1. The number of carbonyl (C=O) groups is 2. The zero-order valence-electron chi connectivity index (χ0n) is 8.80. The Bertz CT molecular complexity index is 442. The van der Waals surface area contributed by atoms with Crippen LogP contribution >= 0.6 is 0 Å². The van der Waals surface area contributed by atoms with E-state index < -0.39 is 5.97 Å². The smallest absolute Gasteiger partial charge is 0.323 e. The molecule has 1 amide bonds. The molecule has 1 N–H and O–H groups in total. The topological polar surface area (TPSA) is 57.6 Å². The molecule has 0 fully saturated rings. The van der Waals surface area contributed by atoms with Crippen LogP contribution in [0.5, 0.6) is 0 Å². The number of carboxylic acids is 1. The molecule has 0 radical (unpaired) electrons. The van der Waals surface area contributed by atoms with Crippen molar-refractivity contribution in [3.8, 4) is 12.3 Å². The van der Waals surface area contributed by atoms with E-state index in [9.17, 15) is 9.59 Å². The molecule has 16 heavy (non-hydrogen) atoms. The molecule has 0 spiro atoms. The maximum atomic E-state index is 11.7. The first-order valence-electron chi connectivity index (χ1n) is 4.58. The number of hydrogen-bond acceptors (Lipinski definition) is 2. The molecule has 1 aromatic rings. The zero-order valence-corrected chi connectivity index (χ0v) is 8.80. The number of aliphatic carboxylic acids is 1. The van der Waals surface area contributed by atoms with Gasteiger partial charge in [0.05, 0.1) is 0 Å². The predicted octanol–water partition coefficient (Wildman–Crippen LogP) is 0.825. The maximum Gasteiger partial charge on any atom is 0.323 e. The number of nitrogens with zero attached hydrogens (tertiary/aromatic N) is 1. The highest BCUT2D eigenvalue weighted by Gasteiger charge is 2.13. The maximum absolute atomic E-state index is 11.7. The van der Waals surface area contributed by atoms with E-state index in [-0.39, 0.29) is 12.5 Å². The van der Waals surface area contributed by atoms with Crippen LogP contribution < -0.4 is 0 Å². The summed E-state index contributed by atoms with van der Waals surface area (Å²) < 4.78 is 0. The Kier molecular flexibility index (Phi) is 3.67. The van der Waals surface area contributed by atoms with E-state index in [1.165, 1.54) is 7.05 Å². The molecule has 82 valence electrons. The van der Waals surface area contributed by atoms with Crippen molar-refractivity contribution in [3.63, 3.8) is 0 Å². The van der Waals surface area contributed by atoms with E-state index in [0.717, 1.165) is 4.90 Å². The van der Waals surface area contributed by atoms with Crippen molar-refractivity contribution in [3.05, 3.63) is 35.4 Å². The number of terminal acetylenes is 1. The molecule has 0 bridgehead atoms. The van der Waals surface area contributed by atoms with Crippen LogP contribution in [0.1, 0.15) is 15.9 Å². The second kappa shape index (κ2) is 4.99. The molecule has 0 aliphatic carbocycles. The summed E-state index contributed by atoms with van der Waals surface area (Å²) in [6.45, 7) is -0.324. The third-order valence-corrected chi connectivity index (χ3v) is 2.02. The van der Waals surface area contributed by atoms with Crippen LogP contribution in [0, 0.1) is 12.3 Å². The van der Waals surface area contributed by atoms with Gasteiger partial charge in [0.25, 0.3) is 5.91 Å². The lowest BCUT2D eigenvalue weighted by Crippen LogP contribution is -2.31. The van der Waals surface area contributed by atoms with Gasteiger partial charge in [-0.25, -0.2) is 0 Å². The summed E-state index contributed by atoms with van der Waals surface area (Å²) in [5.74, 6) is 1.05. The summed E-state index contributed by atoms with van der Waals surface area (Å²) >= 11 is 0. The lowest BCUT2D eigenvalue weighted by atomic mass is 10.1. The quantitative estimate of drug-likeness (QED) is 0.763. The monoisotopic (exact) mass is 217 g/mol. The summed E-state index contributed by atoms with van der Waals surface area (Å²) in [5, 5.41) is 8.54. The number of likely N-dealkylation sites (N-methyl/N-ethyl adjacent to an activating group) is 1. The minimum Gasteiger partial charge on any atom is -0.480 e. The van der Waals surface area contributed by atoms with Gasteiger partial charge in [-0.2, -0.15) is 0 Å². The van der Waals surface area contributed by atoms with Gasteiger partial charge in [0.2, 0.25) is 0 Å². The van der Waals surface area contributed by atoms with Gasteiger partial charge in [-0.15, -0.1) is 6.42 Å². The second-order valence-corrected chi connectivity index (χ2v) is 3.28. The molecule has 4 heteroatoms. The first-order valence-corrected chi connectivity index (χ1v) is 4.58. The van der Waals surface area contributed by atoms with E-state index >= 15 is 0 Å². The standard InChI is InChI=1S/C12H11NO3/c1-3-9-4-6-10(7-5-9)12(16)13(2)8-11(14)15/h1,4-7H,8H2,2H3,(H,14,15). The Morgan fingerprint density at radius 2 is 1.94 bits per heavy atom. The SMILES string of the molecule is C#Cc1ccc(C(=O)N(C)CC(=O)O)cc1. The fourth-order valence-electron chi connectivity index (χ4n) is 1.20. The van der Waals surface area contributed by atoms with Crippen LogP contribution in [-0.2, 0) is 4.79 Å². The van der Waals surface area contributed by atoms with Gasteiger partial charge in [0, 0.05) is 18.2 Å². The minimum atomic E-state index is -1.05. The molecule has 0 saturated carbocycles. The van der Waals surface area contributed by atoms with Gasteiger partial charge in [-0.05, 0) is 24.3 Å². The Labute approximate surface area is 93.5 Å². The Morgan fingerprint density at radius 1 is 1.38 bits per heavy atom. The van der Waals surface area contributed by atoms with Crippen LogP contribution in [0.2, 0.25) is 0 Å². The Morgan fingerprint density at radius 3 is 2.38 bits per heavy atom. The van der Waals surface area contributed by atoms with E-state index in [0.29, 0.717) is 11.1 Å². The summed E-state index contributed by atoms with van der Waals surface area (Å²) in [6, 6.07) is 6.44. The molecular weight excluding hydrogens is 206 g/mol. The van der Waals surface area contributed by atoms with Gasteiger partial charge in [0.1, 0.15) is 6.54 Å². The lowest BCUT2D eigenvalue weighted by Gasteiger charge is -2.14. The first-order chi connectivity index (χ1) is 7.54. The van der Waals surface area contributed by atoms with Crippen molar-refractivity contribution in [1.82, 2.24) is 4.90 Å². The number of benzene rings is 1. The Hall–Kier alpha value is -2.28. The molecule has 0 heterocycles. The third-order valence-electron chi connectivity index (χ3n) is 2.02. The van der Waals surface area contributed by atoms with Gasteiger partial charge in [-0.3, -0.25) is 9.59 Å². The molecule has 0 atom stereocenters. The lowest BCUT2D eigenvalue weighted by molar-refractivity contribution is -0.137. The van der Waals surface area contributed by atoms with Gasteiger partial charge in [0.15, 0.2) is 0 Å². The first kappa shape index (κ1) is 11.8. The van der Waals surface area contributed by atoms with Crippen LogP contribution in [0.25, 0.3) is 0 Å². The van der Waals surface area contributed by atoms with Crippen molar-refractivity contribution >= 4 is 11.9 Å². The number of carboxylic acid groups (broad SMARTS) is 1. The fraction of sp³-hybridized carbons (Fsp3) is 0.167. The number of rotatable bonds is 3. The average Bonchev–Trinajstić information content (AvgIpc) is 2.27. The highest BCUT2D eigenvalue weighted by molar-refractivity contribution is 5.95. The largest absolute Gasteiger partial charge is 0.480 e. The fourth-order valence-corrected chi connectivity index (χ4v) is 1.20. The molecular formula is C12H11NO3. The van der Waals surface area contributed by atoms with Crippen molar-refractivity contribution in [2.24, 2.45) is 0 Å². The summed E-state index contributed by atoms with van der Waals surface area (Å²) in [5.41, 5.74) is 1.10. The normalized spacial score (nSPS) is 9.25. The average molecular weight is 217 g/mol. The van der Waals surface area contributed by atoms with Crippen LogP contribution in [0.3, 0.4) is 0 Å². The molecule has 1 rings (SSSR count). The molecule has 0 saturated heterocycles. The molecule has 0 aliphatic rings. The van der Waals surface area contributed by atoms with Crippen LogP contribution in [0.4, 0.5) is 0 Å². The van der Waals surface area contributed by atoms with Crippen molar-refractivity contribution in [1.29, 1.82) is 0 Å². The van der Waals surface area contributed by atoms with Crippen LogP contribution in [0.15, 0.2) is 24.3 Å². The third kappa shape index (κ3) is 2.85. The van der Waals surface area contributed by atoms with Crippen molar-refractivity contribution in [2.45, 2.75) is 0 Å². The predicted molar refractivity (Wildman–Crippen MR) is 59.0 cm³/mol. The summed E-state index contributed by atoms with van der Waals surface area (Å²) in [6.07, 6.45) is 5.18. The summed E-state index contributed by atoms with van der Waals surface area (Å²) in [7, 11) is 1.44. The number of amides is 1. The van der Waals surface area contributed by atoms with Crippen LogP contribution in [-0.4, -0.2) is 35.5 Å². The molecule has 1 aromatic carbocycles. The molecule has 0 aliphatic heterocycles. The van der Waals surface area contributed by atoms with E-state index in [2.05, 4.69) is 5.92 Å². The van der Waals surface area contributed by atoms with Gasteiger partial charge >= 0.3 is 5.97 Å². The Balaban J connectivity index is 2.80. The van der Waals surface area contributed by atoms with Crippen molar-refractivity contribution < 1.29 is 14.7 Å². The van der Waals surface area contributed by atoms with E-state index in [4.69, 9.17) is 11.5 Å². The van der Waals surface area contributed by atoms with Gasteiger partial charge < -0.3 is 10.0 Å².